The summed E-state index contributed by atoms with van der Waals surface area (Å²) in [6.45, 7) is 6.03. The lowest BCUT2D eigenvalue weighted by atomic mass is 10.1. The number of amides is 2. The first kappa shape index (κ1) is 21.8. The van der Waals surface area contributed by atoms with Crippen LogP contribution >= 0.6 is 0 Å². The third-order valence-electron chi connectivity index (χ3n) is 5.48. The van der Waals surface area contributed by atoms with E-state index in [-0.39, 0.29) is 11.8 Å². The monoisotopic (exact) mass is 435 g/mol. The van der Waals surface area contributed by atoms with Gasteiger partial charge in [-0.3, -0.25) is 14.5 Å². The van der Waals surface area contributed by atoms with Crippen molar-refractivity contribution >= 4 is 17.5 Å². The summed E-state index contributed by atoms with van der Waals surface area (Å²) in [5.41, 5.74) is 2.30. The largest absolute Gasteiger partial charge is 0.487 e. The van der Waals surface area contributed by atoms with E-state index < -0.39 is 0 Å². The molecule has 3 heterocycles. The molecule has 3 aromatic rings. The molecule has 1 saturated heterocycles. The molecule has 0 spiro atoms. The van der Waals surface area contributed by atoms with E-state index in [0.29, 0.717) is 57.2 Å². The van der Waals surface area contributed by atoms with Crippen molar-refractivity contribution in [2.24, 2.45) is 0 Å². The number of fused-ring (bicyclic) bond motifs is 1. The Kier molecular flexibility index (Phi) is 7.01. The second-order valence-corrected chi connectivity index (χ2v) is 7.93. The number of benzene rings is 1. The van der Waals surface area contributed by atoms with Crippen molar-refractivity contribution in [1.82, 2.24) is 24.5 Å². The average Bonchev–Trinajstić information content (AvgIpc) is 3.25. The molecule has 1 aromatic carbocycles. The van der Waals surface area contributed by atoms with Gasteiger partial charge in [-0.05, 0) is 36.8 Å². The average molecular weight is 436 g/mol. The number of pyridine rings is 1. The maximum Gasteiger partial charge on any atom is 0.254 e. The lowest BCUT2D eigenvalue weighted by Crippen LogP contribution is -2.51. The van der Waals surface area contributed by atoms with Crippen LogP contribution in [0.25, 0.3) is 5.65 Å². The maximum absolute atomic E-state index is 13.0. The predicted octanol–water partition coefficient (Wildman–Crippen LogP) is 2.20. The molecule has 0 radical (unpaired) electrons. The van der Waals surface area contributed by atoms with Gasteiger partial charge in [0.05, 0.1) is 12.2 Å². The topological polar surface area (TPSA) is 79.2 Å². The number of nitrogens with one attached hydrogen (secondary N) is 1. The third kappa shape index (κ3) is 5.45. The number of carbonyl (C=O) groups excluding carboxylic acids is 2. The molecule has 1 N–H and O–H groups in total. The molecule has 2 amide bonds. The smallest absolute Gasteiger partial charge is 0.254 e. The van der Waals surface area contributed by atoms with E-state index in [1.165, 1.54) is 0 Å². The molecule has 0 bridgehead atoms. The van der Waals surface area contributed by atoms with Crippen LogP contribution in [0.3, 0.4) is 0 Å². The minimum absolute atomic E-state index is 0.0155. The first-order valence-corrected chi connectivity index (χ1v) is 11.1. The number of carbonyl (C=O) groups is 2. The Bertz CT molecular complexity index is 1040. The number of aromatic nitrogens is 2. The minimum atomic E-state index is -0.0155. The standard InChI is InChI=1S/C24H29N5O3/c1-2-9-25-23(30)17-27-11-13-28(14-12-27)24(31)19-6-5-7-21(15-19)32-18-20-16-29-10-4-3-8-22(29)26-20/h3-8,10,15-16H,2,9,11-14,17-18H2,1H3,(H,25,30). The van der Waals surface area contributed by atoms with E-state index in [9.17, 15) is 9.59 Å². The van der Waals surface area contributed by atoms with Gasteiger partial charge in [0.2, 0.25) is 5.91 Å². The highest BCUT2D eigenvalue weighted by atomic mass is 16.5. The summed E-state index contributed by atoms with van der Waals surface area (Å²) in [7, 11) is 0. The van der Waals surface area contributed by atoms with Gasteiger partial charge in [0.1, 0.15) is 18.0 Å². The zero-order chi connectivity index (χ0) is 22.3. The zero-order valence-corrected chi connectivity index (χ0v) is 18.4. The molecule has 1 aliphatic rings. The zero-order valence-electron chi connectivity index (χ0n) is 18.4. The highest BCUT2D eigenvalue weighted by molar-refractivity contribution is 5.94. The van der Waals surface area contributed by atoms with E-state index in [4.69, 9.17) is 4.74 Å². The van der Waals surface area contributed by atoms with Crippen LogP contribution < -0.4 is 10.1 Å². The summed E-state index contributed by atoms with van der Waals surface area (Å²) < 4.78 is 7.84. The molecule has 8 heteroatoms. The van der Waals surface area contributed by atoms with E-state index >= 15 is 0 Å². The summed E-state index contributed by atoms with van der Waals surface area (Å²) in [5, 5.41) is 2.90. The normalized spacial score (nSPS) is 14.5. The first-order valence-electron chi connectivity index (χ1n) is 11.1. The van der Waals surface area contributed by atoms with Crippen LogP contribution in [0, 0.1) is 0 Å². The quantitative estimate of drug-likeness (QED) is 0.587. The Labute approximate surface area is 187 Å². The van der Waals surface area contributed by atoms with E-state index in [1.807, 2.05) is 65.0 Å². The van der Waals surface area contributed by atoms with Crippen molar-refractivity contribution in [1.29, 1.82) is 0 Å². The number of hydrogen-bond acceptors (Lipinski definition) is 5. The highest BCUT2D eigenvalue weighted by Crippen LogP contribution is 2.18. The predicted molar refractivity (Wildman–Crippen MR) is 122 cm³/mol. The van der Waals surface area contributed by atoms with Gasteiger partial charge in [0.25, 0.3) is 5.91 Å². The molecule has 2 aromatic heterocycles. The number of nitrogens with zero attached hydrogens (tertiary/aromatic N) is 4. The Morgan fingerprint density at radius 2 is 1.94 bits per heavy atom. The summed E-state index contributed by atoms with van der Waals surface area (Å²) in [5.74, 6) is 0.666. The Balaban J connectivity index is 1.30. The van der Waals surface area contributed by atoms with Gasteiger partial charge < -0.3 is 19.4 Å². The first-order chi connectivity index (χ1) is 15.6. The van der Waals surface area contributed by atoms with Gasteiger partial charge in [-0.25, -0.2) is 4.98 Å². The Morgan fingerprint density at radius 1 is 1.09 bits per heavy atom. The molecule has 0 unspecified atom stereocenters. The Morgan fingerprint density at radius 3 is 2.72 bits per heavy atom. The van der Waals surface area contributed by atoms with Crippen molar-refractivity contribution in [2.75, 3.05) is 39.3 Å². The second kappa shape index (κ2) is 10.3. The van der Waals surface area contributed by atoms with E-state index in [0.717, 1.165) is 17.8 Å². The second-order valence-electron chi connectivity index (χ2n) is 7.93. The van der Waals surface area contributed by atoms with Crippen LogP contribution in [0.2, 0.25) is 0 Å². The number of imidazole rings is 1. The van der Waals surface area contributed by atoms with Crippen LogP contribution in [0.4, 0.5) is 0 Å². The molecule has 0 saturated carbocycles. The number of piperazine rings is 1. The van der Waals surface area contributed by atoms with Crippen LogP contribution in [-0.4, -0.2) is 70.3 Å². The molecule has 1 fully saturated rings. The SMILES string of the molecule is CCCNC(=O)CN1CCN(C(=O)c2cccc(OCc3cn4ccccc4n3)c2)CC1. The maximum atomic E-state index is 13.0. The van der Waals surface area contributed by atoms with Crippen LogP contribution in [0.1, 0.15) is 29.4 Å². The van der Waals surface area contributed by atoms with E-state index in [1.54, 1.807) is 6.07 Å². The fourth-order valence-corrected chi connectivity index (χ4v) is 3.75. The van der Waals surface area contributed by atoms with Crippen molar-refractivity contribution in [2.45, 2.75) is 20.0 Å². The molecule has 1 aliphatic heterocycles. The highest BCUT2D eigenvalue weighted by Gasteiger charge is 2.23. The molecule has 4 rings (SSSR count). The Hall–Kier alpha value is -3.39. The summed E-state index contributed by atoms with van der Waals surface area (Å²) in [4.78, 5) is 33.3. The number of rotatable bonds is 8. The summed E-state index contributed by atoms with van der Waals surface area (Å²) >= 11 is 0. The van der Waals surface area contributed by atoms with Crippen molar-refractivity contribution in [3.63, 3.8) is 0 Å². The number of ether oxygens (including phenoxy) is 1. The number of hydrogen-bond donors (Lipinski definition) is 1. The molecule has 8 nitrogen and oxygen atoms in total. The van der Waals surface area contributed by atoms with Crippen molar-refractivity contribution in [3.05, 3.63) is 66.1 Å². The fraction of sp³-hybridized carbons (Fsp3) is 0.375. The molecule has 32 heavy (non-hydrogen) atoms. The van der Waals surface area contributed by atoms with Crippen LogP contribution in [0.5, 0.6) is 5.75 Å². The van der Waals surface area contributed by atoms with Gasteiger partial charge in [-0.1, -0.05) is 19.1 Å². The van der Waals surface area contributed by atoms with Gasteiger partial charge in [0, 0.05) is 50.7 Å². The third-order valence-corrected chi connectivity index (χ3v) is 5.48. The summed E-state index contributed by atoms with van der Waals surface area (Å²) in [6, 6.07) is 13.1. The van der Waals surface area contributed by atoms with E-state index in [2.05, 4.69) is 15.2 Å². The van der Waals surface area contributed by atoms with Gasteiger partial charge in [-0.15, -0.1) is 0 Å². The van der Waals surface area contributed by atoms with Crippen LogP contribution in [0.15, 0.2) is 54.9 Å². The minimum Gasteiger partial charge on any atom is -0.487 e. The lowest BCUT2D eigenvalue weighted by molar-refractivity contribution is -0.122. The van der Waals surface area contributed by atoms with Crippen molar-refractivity contribution in [3.8, 4) is 5.75 Å². The van der Waals surface area contributed by atoms with Gasteiger partial charge in [0.15, 0.2) is 0 Å². The van der Waals surface area contributed by atoms with Crippen molar-refractivity contribution < 1.29 is 14.3 Å². The molecule has 0 atom stereocenters. The molecule has 0 aliphatic carbocycles. The summed E-state index contributed by atoms with van der Waals surface area (Å²) in [6.07, 6.45) is 4.81. The fourth-order valence-electron chi connectivity index (χ4n) is 3.75. The van der Waals surface area contributed by atoms with Gasteiger partial charge in [-0.2, -0.15) is 0 Å². The molecular formula is C24H29N5O3. The lowest BCUT2D eigenvalue weighted by Gasteiger charge is -2.34. The van der Waals surface area contributed by atoms with Gasteiger partial charge >= 0.3 is 0 Å². The van der Waals surface area contributed by atoms with Crippen LogP contribution in [-0.2, 0) is 11.4 Å². The molecule has 168 valence electrons. The molecular weight excluding hydrogens is 406 g/mol.